The quantitative estimate of drug-likeness (QED) is 0.811. The number of benzene rings is 1. The maximum absolute atomic E-state index is 3.73. The molecule has 2 heteroatoms. The molecule has 0 fully saturated rings. The molecule has 1 unspecified atom stereocenters. The van der Waals surface area contributed by atoms with Crippen molar-refractivity contribution >= 4 is 0 Å². The van der Waals surface area contributed by atoms with Crippen LogP contribution in [-0.4, -0.2) is 37.1 Å². The Morgan fingerprint density at radius 1 is 1.21 bits per heavy atom. The largest absolute Gasteiger partial charge is 0.312 e. The monoisotopic (exact) mass is 262 g/mol. The molecule has 0 aliphatic carbocycles. The van der Waals surface area contributed by atoms with Crippen LogP contribution >= 0.6 is 0 Å². The molecule has 1 aromatic rings. The van der Waals surface area contributed by atoms with Gasteiger partial charge in [-0.1, -0.05) is 31.2 Å². The number of nitrogens with one attached hydrogen (secondary N) is 1. The van der Waals surface area contributed by atoms with Crippen LogP contribution in [0.25, 0.3) is 0 Å². The zero-order valence-electron chi connectivity index (χ0n) is 13.5. The van der Waals surface area contributed by atoms with Crippen LogP contribution in [0.5, 0.6) is 0 Å². The van der Waals surface area contributed by atoms with Crippen molar-refractivity contribution in [2.45, 2.75) is 52.1 Å². The first-order chi connectivity index (χ1) is 8.89. The van der Waals surface area contributed by atoms with Crippen molar-refractivity contribution in [2.24, 2.45) is 0 Å². The third-order valence-electron chi connectivity index (χ3n) is 4.33. The van der Waals surface area contributed by atoms with Gasteiger partial charge in [0.05, 0.1) is 0 Å². The summed E-state index contributed by atoms with van der Waals surface area (Å²) in [6.07, 6.45) is 2.26. The van der Waals surface area contributed by atoms with Gasteiger partial charge in [-0.05, 0) is 65.4 Å². The molecule has 0 aliphatic rings. The molecule has 0 saturated carbocycles. The van der Waals surface area contributed by atoms with Gasteiger partial charge in [0.1, 0.15) is 0 Å². The maximum atomic E-state index is 3.73. The van der Waals surface area contributed by atoms with Crippen molar-refractivity contribution < 1.29 is 0 Å². The fraction of sp³-hybridized carbons (Fsp3) is 0.647. The maximum Gasteiger partial charge on any atom is 0.0303 e. The molecule has 108 valence electrons. The van der Waals surface area contributed by atoms with Gasteiger partial charge in [-0.2, -0.15) is 0 Å². The first-order valence-corrected chi connectivity index (χ1v) is 7.35. The van der Waals surface area contributed by atoms with Crippen LogP contribution in [0, 0.1) is 6.92 Å². The van der Waals surface area contributed by atoms with Gasteiger partial charge >= 0.3 is 0 Å². The Labute approximate surface area is 119 Å². The molecule has 0 radical (unpaired) electrons. The van der Waals surface area contributed by atoms with E-state index in [-0.39, 0.29) is 5.54 Å². The van der Waals surface area contributed by atoms with Gasteiger partial charge in [-0.15, -0.1) is 0 Å². The number of aryl methyl sites for hydroxylation is 1. The van der Waals surface area contributed by atoms with Crippen molar-refractivity contribution in [2.75, 3.05) is 20.6 Å². The molecule has 0 heterocycles. The average Bonchev–Trinajstić information content (AvgIpc) is 2.36. The van der Waals surface area contributed by atoms with Crippen LogP contribution in [0.3, 0.4) is 0 Å². The Kier molecular flexibility index (Phi) is 6.02. The highest BCUT2D eigenvalue weighted by atomic mass is 15.2. The second kappa shape index (κ2) is 7.06. The zero-order chi connectivity index (χ0) is 14.5. The van der Waals surface area contributed by atoms with E-state index in [0.717, 1.165) is 13.0 Å². The highest BCUT2D eigenvalue weighted by Crippen LogP contribution is 2.21. The van der Waals surface area contributed by atoms with Gasteiger partial charge in [0.15, 0.2) is 0 Å². The summed E-state index contributed by atoms with van der Waals surface area (Å²) in [5.41, 5.74) is 2.98. The van der Waals surface area contributed by atoms with Gasteiger partial charge in [-0.3, -0.25) is 0 Å². The number of hydrogen-bond acceptors (Lipinski definition) is 2. The molecule has 0 spiro atoms. The van der Waals surface area contributed by atoms with Crippen molar-refractivity contribution in [3.8, 4) is 0 Å². The average molecular weight is 262 g/mol. The van der Waals surface area contributed by atoms with Crippen molar-refractivity contribution in [1.82, 2.24) is 10.2 Å². The summed E-state index contributed by atoms with van der Waals surface area (Å²) in [5, 5.41) is 3.73. The van der Waals surface area contributed by atoms with Crippen molar-refractivity contribution in [1.29, 1.82) is 0 Å². The van der Waals surface area contributed by atoms with Crippen LogP contribution in [0.4, 0.5) is 0 Å². The smallest absolute Gasteiger partial charge is 0.0303 e. The Morgan fingerprint density at radius 2 is 1.84 bits per heavy atom. The van der Waals surface area contributed by atoms with E-state index in [9.17, 15) is 0 Å². The molecular formula is C17H30N2. The third-order valence-corrected chi connectivity index (χ3v) is 4.33. The van der Waals surface area contributed by atoms with Crippen LogP contribution in [0.2, 0.25) is 0 Å². The van der Waals surface area contributed by atoms with E-state index in [0.29, 0.717) is 6.04 Å². The van der Waals surface area contributed by atoms with E-state index >= 15 is 0 Å². The van der Waals surface area contributed by atoms with Gasteiger partial charge in [0.2, 0.25) is 0 Å². The standard InChI is InChI=1S/C17H30N2/c1-7-12-18-16(17(3,4)19(5)6)13-15-11-9-8-10-14(15)2/h8-11,16,18H,7,12-13H2,1-6H3. The SMILES string of the molecule is CCCNC(Cc1ccccc1C)C(C)(C)N(C)C. The lowest BCUT2D eigenvalue weighted by Crippen LogP contribution is -2.56. The summed E-state index contributed by atoms with van der Waals surface area (Å²) in [4.78, 5) is 2.32. The molecule has 0 saturated heterocycles. The summed E-state index contributed by atoms with van der Waals surface area (Å²) in [5.74, 6) is 0. The lowest BCUT2D eigenvalue weighted by Gasteiger charge is -2.41. The normalized spacial score (nSPS) is 13.8. The van der Waals surface area contributed by atoms with E-state index in [1.807, 2.05) is 0 Å². The highest BCUT2D eigenvalue weighted by Gasteiger charge is 2.31. The van der Waals surface area contributed by atoms with E-state index in [2.05, 4.69) is 76.3 Å². The molecule has 1 N–H and O–H groups in total. The van der Waals surface area contributed by atoms with E-state index in [4.69, 9.17) is 0 Å². The fourth-order valence-corrected chi connectivity index (χ4v) is 2.26. The third kappa shape index (κ3) is 4.32. The van der Waals surface area contributed by atoms with Gasteiger partial charge in [0, 0.05) is 11.6 Å². The molecule has 0 bridgehead atoms. The summed E-state index contributed by atoms with van der Waals surface area (Å²) in [6.45, 7) is 10.1. The molecule has 1 atom stereocenters. The highest BCUT2D eigenvalue weighted by molar-refractivity contribution is 5.27. The first-order valence-electron chi connectivity index (χ1n) is 7.35. The lowest BCUT2D eigenvalue weighted by molar-refractivity contribution is 0.137. The summed E-state index contributed by atoms with van der Waals surface area (Å²) < 4.78 is 0. The minimum Gasteiger partial charge on any atom is -0.312 e. The van der Waals surface area contributed by atoms with Crippen molar-refractivity contribution in [3.05, 3.63) is 35.4 Å². The molecule has 19 heavy (non-hydrogen) atoms. The van der Waals surface area contributed by atoms with E-state index in [1.165, 1.54) is 17.5 Å². The van der Waals surface area contributed by atoms with Crippen molar-refractivity contribution in [3.63, 3.8) is 0 Å². The molecule has 0 aliphatic heterocycles. The summed E-state index contributed by atoms with van der Waals surface area (Å²) >= 11 is 0. The Morgan fingerprint density at radius 3 is 2.37 bits per heavy atom. The van der Waals surface area contributed by atoms with Crippen LogP contribution in [0.1, 0.15) is 38.3 Å². The van der Waals surface area contributed by atoms with Crippen LogP contribution in [0.15, 0.2) is 24.3 Å². The molecule has 2 nitrogen and oxygen atoms in total. The van der Waals surface area contributed by atoms with Gasteiger partial charge in [0.25, 0.3) is 0 Å². The predicted octanol–water partition coefficient (Wildman–Crippen LogP) is 3.25. The van der Waals surface area contributed by atoms with E-state index in [1.54, 1.807) is 0 Å². The van der Waals surface area contributed by atoms with Crippen LogP contribution < -0.4 is 5.32 Å². The number of nitrogens with zero attached hydrogens (tertiary/aromatic N) is 1. The minimum absolute atomic E-state index is 0.136. The number of rotatable bonds is 7. The Bertz CT molecular complexity index is 383. The lowest BCUT2D eigenvalue weighted by atomic mass is 9.87. The second-order valence-corrected chi connectivity index (χ2v) is 6.19. The zero-order valence-corrected chi connectivity index (χ0v) is 13.5. The van der Waals surface area contributed by atoms with Gasteiger partial charge in [-0.25, -0.2) is 0 Å². The second-order valence-electron chi connectivity index (χ2n) is 6.19. The number of likely N-dealkylation sites (N-methyl/N-ethyl adjacent to an activating group) is 1. The fourth-order valence-electron chi connectivity index (χ4n) is 2.26. The first kappa shape index (κ1) is 16.2. The summed E-state index contributed by atoms with van der Waals surface area (Å²) in [7, 11) is 4.33. The topological polar surface area (TPSA) is 15.3 Å². The van der Waals surface area contributed by atoms with Gasteiger partial charge < -0.3 is 10.2 Å². The Hall–Kier alpha value is -0.860. The molecule has 0 amide bonds. The minimum atomic E-state index is 0.136. The number of hydrogen-bond donors (Lipinski definition) is 1. The Balaban J connectivity index is 2.89. The molecule has 1 rings (SSSR count). The van der Waals surface area contributed by atoms with E-state index < -0.39 is 0 Å². The van der Waals surface area contributed by atoms with Crippen LogP contribution in [-0.2, 0) is 6.42 Å². The molecule has 1 aromatic carbocycles. The molecular weight excluding hydrogens is 232 g/mol. The summed E-state index contributed by atoms with van der Waals surface area (Å²) in [6, 6.07) is 9.17. The predicted molar refractivity (Wildman–Crippen MR) is 84.7 cm³/mol. The molecule has 0 aromatic heterocycles.